The van der Waals surface area contributed by atoms with Crippen LogP contribution in [0.4, 0.5) is 17.2 Å². The Labute approximate surface area is 205 Å². The van der Waals surface area contributed by atoms with Crippen molar-refractivity contribution in [1.82, 2.24) is 14.9 Å². The van der Waals surface area contributed by atoms with Crippen LogP contribution in [0, 0.1) is 0 Å². The van der Waals surface area contributed by atoms with Gasteiger partial charge in [-0.05, 0) is 55.2 Å². The second-order valence-electron chi connectivity index (χ2n) is 8.96. The number of benzene rings is 2. The number of nitrogens with zero attached hydrogens (tertiary/aromatic N) is 5. The van der Waals surface area contributed by atoms with Crippen LogP contribution < -0.4 is 21.3 Å². The highest BCUT2D eigenvalue weighted by molar-refractivity contribution is 6.08. The molecule has 0 aliphatic carbocycles. The molecule has 4 aromatic rings. The smallest absolute Gasteiger partial charge is 0.277 e. The molecule has 4 heterocycles. The van der Waals surface area contributed by atoms with Crippen molar-refractivity contribution in [3.8, 4) is 5.69 Å². The van der Waals surface area contributed by atoms with Gasteiger partial charge >= 0.3 is 0 Å². The molecule has 182 valence electrons. The zero-order chi connectivity index (χ0) is 25.0. The van der Waals surface area contributed by atoms with Gasteiger partial charge in [0, 0.05) is 37.0 Å². The van der Waals surface area contributed by atoms with E-state index in [-0.39, 0.29) is 29.0 Å². The molecule has 2 aliphatic heterocycles. The number of carbonyl (C=O) groups is 3. The Hall–Kier alpha value is -4.67. The lowest BCUT2D eigenvalue weighted by atomic mass is 10.1. The first kappa shape index (κ1) is 21.8. The number of aromatic nitrogens is 3. The van der Waals surface area contributed by atoms with E-state index in [1.807, 2.05) is 18.2 Å². The summed E-state index contributed by atoms with van der Waals surface area (Å²) < 4.78 is 6.55. The van der Waals surface area contributed by atoms with E-state index in [0.717, 1.165) is 29.8 Å². The van der Waals surface area contributed by atoms with Gasteiger partial charge in [-0.3, -0.25) is 14.4 Å². The Morgan fingerprint density at radius 2 is 1.81 bits per heavy atom. The van der Waals surface area contributed by atoms with Crippen LogP contribution in [-0.2, 0) is 11.2 Å². The van der Waals surface area contributed by atoms with Crippen LogP contribution >= 0.6 is 0 Å². The average molecular weight is 486 g/mol. The van der Waals surface area contributed by atoms with Crippen LogP contribution in [0.15, 0.2) is 47.0 Å². The highest BCUT2D eigenvalue weighted by Crippen LogP contribution is 2.35. The second kappa shape index (κ2) is 8.22. The summed E-state index contributed by atoms with van der Waals surface area (Å²) in [6.45, 7) is 1.12. The average Bonchev–Trinajstić information content (AvgIpc) is 3.60. The molecule has 3 amide bonds. The summed E-state index contributed by atoms with van der Waals surface area (Å²) in [5, 5.41) is 8.62. The van der Waals surface area contributed by atoms with Crippen molar-refractivity contribution >= 4 is 45.9 Å². The number of hydrogen-bond acceptors (Lipinski definition) is 7. The molecule has 1 saturated heterocycles. The molecule has 0 spiro atoms. The lowest BCUT2D eigenvalue weighted by molar-refractivity contribution is -0.119. The minimum Gasteiger partial charge on any atom is -0.380 e. The quantitative estimate of drug-likeness (QED) is 0.450. The molecule has 1 fully saturated rings. The fourth-order valence-electron chi connectivity index (χ4n) is 4.89. The number of primary amides is 1. The fraction of sp³-hybridized carbons (Fsp3) is 0.240. The maximum absolute atomic E-state index is 13.8. The summed E-state index contributed by atoms with van der Waals surface area (Å²) in [6, 6.07) is 12.2. The van der Waals surface area contributed by atoms with Gasteiger partial charge in [-0.1, -0.05) is 11.2 Å². The topological polar surface area (TPSA) is 154 Å². The number of fused-ring (bicyclic) bond motifs is 2. The summed E-state index contributed by atoms with van der Waals surface area (Å²) in [6.07, 6.45) is 3.04. The molecule has 0 radical (unpaired) electrons. The third kappa shape index (κ3) is 3.47. The Kier molecular flexibility index (Phi) is 4.99. The van der Waals surface area contributed by atoms with Crippen LogP contribution in [0.3, 0.4) is 0 Å². The monoisotopic (exact) mass is 485 g/mol. The summed E-state index contributed by atoms with van der Waals surface area (Å²) in [5.41, 5.74) is 15.0. The van der Waals surface area contributed by atoms with E-state index < -0.39 is 5.91 Å². The first-order valence-corrected chi connectivity index (χ1v) is 11.7. The van der Waals surface area contributed by atoms with E-state index in [1.54, 1.807) is 28.0 Å². The van der Waals surface area contributed by atoms with Crippen LogP contribution in [0.5, 0.6) is 0 Å². The van der Waals surface area contributed by atoms with Gasteiger partial charge in [-0.25, -0.2) is 4.68 Å². The number of piperidine rings is 1. The normalized spacial score (nSPS) is 15.5. The molecule has 0 bridgehead atoms. The second-order valence-corrected chi connectivity index (χ2v) is 8.96. The molecule has 11 heteroatoms. The molecular weight excluding hydrogens is 462 g/mol. The molecule has 2 aliphatic rings. The van der Waals surface area contributed by atoms with Crippen molar-refractivity contribution < 1.29 is 18.9 Å². The third-order valence-corrected chi connectivity index (χ3v) is 6.75. The number of nitrogens with two attached hydrogens (primary N) is 2. The largest absolute Gasteiger partial charge is 0.380 e. The summed E-state index contributed by atoms with van der Waals surface area (Å²) in [4.78, 5) is 41.7. The Morgan fingerprint density at radius 3 is 2.61 bits per heavy atom. The maximum atomic E-state index is 13.8. The predicted octanol–water partition coefficient (Wildman–Crippen LogP) is 2.41. The highest BCUT2D eigenvalue weighted by Gasteiger charge is 2.31. The van der Waals surface area contributed by atoms with Crippen molar-refractivity contribution in [2.75, 3.05) is 28.6 Å². The van der Waals surface area contributed by atoms with Gasteiger partial charge in [0.1, 0.15) is 5.69 Å². The first-order chi connectivity index (χ1) is 17.4. The summed E-state index contributed by atoms with van der Waals surface area (Å²) in [5.74, 6) is -0.796. The lowest BCUT2D eigenvalue weighted by Crippen LogP contribution is -2.35. The van der Waals surface area contributed by atoms with Gasteiger partial charge in [0.15, 0.2) is 17.1 Å². The first-order valence-electron chi connectivity index (χ1n) is 11.7. The van der Waals surface area contributed by atoms with Crippen LogP contribution in [0.1, 0.15) is 45.8 Å². The molecule has 2 aromatic carbocycles. The van der Waals surface area contributed by atoms with Crippen LogP contribution in [0.25, 0.3) is 16.7 Å². The maximum Gasteiger partial charge on any atom is 0.277 e. The van der Waals surface area contributed by atoms with Gasteiger partial charge in [-0.15, -0.1) is 0 Å². The lowest BCUT2D eigenvalue weighted by Gasteiger charge is -2.28. The van der Waals surface area contributed by atoms with E-state index in [4.69, 9.17) is 16.0 Å². The van der Waals surface area contributed by atoms with Crippen molar-refractivity contribution in [2.45, 2.75) is 25.7 Å². The molecule has 0 atom stereocenters. The number of rotatable bonds is 4. The zero-order valence-electron chi connectivity index (χ0n) is 19.3. The minimum atomic E-state index is -0.749. The molecule has 4 N–H and O–H groups in total. The highest BCUT2D eigenvalue weighted by atomic mass is 16.5. The number of nitrogen functional groups attached to an aromatic ring is 1. The number of carbonyl (C=O) groups excluding carboxylic acids is 3. The molecule has 0 saturated carbocycles. The number of amides is 3. The van der Waals surface area contributed by atoms with Gasteiger partial charge in [0.25, 0.3) is 11.8 Å². The van der Waals surface area contributed by atoms with Gasteiger partial charge in [0.2, 0.25) is 5.91 Å². The van der Waals surface area contributed by atoms with Gasteiger partial charge in [0.05, 0.1) is 11.1 Å². The van der Waals surface area contributed by atoms with Crippen LogP contribution in [0.2, 0.25) is 0 Å². The third-order valence-electron chi connectivity index (χ3n) is 6.75. The molecule has 0 unspecified atom stereocenters. The SMILES string of the molecule is NC(=O)c1cc(C(=O)N2CCc3ccc(N4CCCCC4=O)cc32)n(-c2ccc3onc(N)c3c2)n1. The Balaban J connectivity index is 1.41. The molecular formula is C25H23N7O4. The summed E-state index contributed by atoms with van der Waals surface area (Å²) >= 11 is 0. The van der Waals surface area contributed by atoms with E-state index in [2.05, 4.69) is 10.3 Å². The van der Waals surface area contributed by atoms with E-state index >= 15 is 0 Å². The number of hydrogen-bond donors (Lipinski definition) is 2. The van der Waals surface area contributed by atoms with Gasteiger partial charge in [-0.2, -0.15) is 5.10 Å². The van der Waals surface area contributed by atoms with E-state index in [9.17, 15) is 14.4 Å². The predicted molar refractivity (Wildman–Crippen MR) is 132 cm³/mol. The van der Waals surface area contributed by atoms with Crippen molar-refractivity contribution in [1.29, 1.82) is 0 Å². The van der Waals surface area contributed by atoms with Crippen LogP contribution in [-0.4, -0.2) is 45.7 Å². The molecule has 36 heavy (non-hydrogen) atoms. The molecule has 2 aromatic heterocycles. The van der Waals surface area contributed by atoms with E-state index in [1.165, 1.54) is 10.7 Å². The Bertz CT molecular complexity index is 1550. The van der Waals surface area contributed by atoms with Gasteiger partial charge < -0.3 is 25.8 Å². The fourth-order valence-corrected chi connectivity index (χ4v) is 4.89. The molecule has 11 nitrogen and oxygen atoms in total. The summed E-state index contributed by atoms with van der Waals surface area (Å²) in [7, 11) is 0. The van der Waals surface area contributed by atoms with E-state index in [0.29, 0.717) is 42.6 Å². The standard InChI is InChI=1S/C25H23N7O4/c26-23-17-11-16(6-7-21(17)36-29-23)32-20(13-18(28-32)24(27)34)25(35)31-10-8-14-4-5-15(12-19(14)31)30-9-2-1-3-22(30)33/h4-7,11-13H,1-3,8-10H2,(H2,26,29)(H2,27,34). The Morgan fingerprint density at radius 1 is 0.972 bits per heavy atom. The number of anilines is 3. The van der Waals surface area contributed by atoms with Crippen molar-refractivity contribution in [2.24, 2.45) is 5.73 Å². The molecule has 6 rings (SSSR count). The van der Waals surface area contributed by atoms with Crippen molar-refractivity contribution in [3.63, 3.8) is 0 Å². The zero-order valence-corrected chi connectivity index (χ0v) is 19.3. The minimum absolute atomic E-state index is 0.0381. The van der Waals surface area contributed by atoms with Crippen molar-refractivity contribution in [3.05, 3.63) is 59.4 Å².